The van der Waals surface area contributed by atoms with Gasteiger partial charge in [0.2, 0.25) is 0 Å². The van der Waals surface area contributed by atoms with Crippen molar-refractivity contribution < 1.29 is 8.42 Å². The standard InChI is InChI=1S/C8H13N5O2S/c1-12-6-11-7(10)8(12)16(14,15)13(2)5-3-4-9/h6H,3,5,10H2,1-2H3. The molecule has 0 amide bonds. The molecule has 0 fully saturated rings. The zero-order valence-electron chi connectivity index (χ0n) is 9.08. The van der Waals surface area contributed by atoms with Crippen LogP contribution in [0.15, 0.2) is 11.4 Å². The average Bonchev–Trinajstić information content (AvgIpc) is 2.55. The van der Waals surface area contributed by atoms with E-state index in [2.05, 4.69) is 4.98 Å². The minimum Gasteiger partial charge on any atom is -0.381 e. The molecule has 0 saturated heterocycles. The maximum atomic E-state index is 12.0. The summed E-state index contributed by atoms with van der Waals surface area (Å²) in [6, 6.07) is 1.89. The van der Waals surface area contributed by atoms with Gasteiger partial charge in [-0.15, -0.1) is 0 Å². The predicted octanol–water partition coefficient (Wildman–Crippen LogP) is -0.464. The van der Waals surface area contributed by atoms with Crippen LogP contribution in [0, 0.1) is 11.3 Å². The fourth-order valence-corrected chi connectivity index (χ4v) is 2.58. The molecule has 2 N–H and O–H groups in total. The Morgan fingerprint density at radius 3 is 2.75 bits per heavy atom. The SMILES string of the molecule is CN(CCC#N)S(=O)(=O)c1c(N)ncn1C. The molecule has 0 bridgehead atoms. The smallest absolute Gasteiger partial charge is 0.262 e. The average molecular weight is 243 g/mol. The summed E-state index contributed by atoms with van der Waals surface area (Å²) >= 11 is 0. The number of imidazole rings is 1. The van der Waals surface area contributed by atoms with E-state index >= 15 is 0 Å². The lowest BCUT2D eigenvalue weighted by Crippen LogP contribution is -2.29. The zero-order chi connectivity index (χ0) is 12.3. The number of sulfonamides is 1. The Morgan fingerprint density at radius 2 is 2.31 bits per heavy atom. The van der Waals surface area contributed by atoms with Gasteiger partial charge in [-0.05, 0) is 0 Å². The van der Waals surface area contributed by atoms with Gasteiger partial charge in [-0.2, -0.15) is 9.57 Å². The molecule has 88 valence electrons. The van der Waals surface area contributed by atoms with Crippen LogP contribution in [0.3, 0.4) is 0 Å². The van der Waals surface area contributed by atoms with Crippen molar-refractivity contribution in [3.05, 3.63) is 6.33 Å². The second kappa shape index (κ2) is 4.51. The van der Waals surface area contributed by atoms with Crippen molar-refractivity contribution in [1.29, 1.82) is 5.26 Å². The van der Waals surface area contributed by atoms with Crippen LogP contribution >= 0.6 is 0 Å². The van der Waals surface area contributed by atoms with Crippen molar-refractivity contribution in [2.75, 3.05) is 19.3 Å². The highest BCUT2D eigenvalue weighted by Crippen LogP contribution is 2.19. The van der Waals surface area contributed by atoms with E-state index < -0.39 is 10.0 Å². The number of rotatable bonds is 4. The molecular formula is C8H13N5O2S. The van der Waals surface area contributed by atoms with Gasteiger partial charge in [-0.25, -0.2) is 13.4 Å². The van der Waals surface area contributed by atoms with Crippen LogP contribution in [-0.4, -0.2) is 35.9 Å². The maximum absolute atomic E-state index is 12.0. The molecule has 0 saturated carbocycles. The molecule has 0 aliphatic carbocycles. The lowest BCUT2D eigenvalue weighted by Gasteiger charge is -2.15. The Labute approximate surface area is 94.1 Å². The van der Waals surface area contributed by atoms with Crippen molar-refractivity contribution in [2.24, 2.45) is 7.05 Å². The van der Waals surface area contributed by atoms with Gasteiger partial charge in [0.05, 0.1) is 12.4 Å². The van der Waals surface area contributed by atoms with Crippen LogP contribution in [0.4, 0.5) is 5.82 Å². The van der Waals surface area contributed by atoms with E-state index in [1.165, 1.54) is 17.9 Å². The van der Waals surface area contributed by atoms with E-state index in [4.69, 9.17) is 11.0 Å². The number of anilines is 1. The van der Waals surface area contributed by atoms with Gasteiger partial charge in [-0.3, -0.25) is 0 Å². The number of aromatic nitrogens is 2. The topological polar surface area (TPSA) is 105 Å². The number of aryl methyl sites for hydroxylation is 1. The fourth-order valence-electron chi connectivity index (χ4n) is 1.23. The largest absolute Gasteiger partial charge is 0.381 e. The first-order chi connectivity index (χ1) is 7.41. The zero-order valence-corrected chi connectivity index (χ0v) is 9.90. The van der Waals surface area contributed by atoms with Crippen molar-refractivity contribution in [1.82, 2.24) is 13.9 Å². The van der Waals surface area contributed by atoms with E-state index in [0.717, 1.165) is 4.31 Å². The second-order valence-electron chi connectivity index (χ2n) is 3.28. The molecule has 0 atom stereocenters. The lowest BCUT2D eigenvalue weighted by atomic mass is 10.5. The highest BCUT2D eigenvalue weighted by molar-refractivity contribution is 7.89. The van der Waals surface area contributed by atoms with E-state index in [1.54, 1.807) is 7.05 Å². The molecule has 1 heterocycles. The summed E-state index contributed by atoms with van der Waals surface area (Å²) in [5, 5.41) is 8.36. The van der Waals surface area contributed by atoms with E-state index in [-0.39, 0.29) is 23.8 Å². The maximum Gasteiger partial charge on any atom is 0.262 e. The number of hydrogen-bond acceptors (Lipinski definition) is 5. The van der Waals surface area contributed by atoms with Gasteiger partial charge in [0.25, 0.3) is 10.0 Å². The third kappa shape index (κ3) is 2.15. The molecule has 1 aromatic heterocycles. The van der Waals surface area contributed by atoms with Crippen molar-refractivity contribution >= 4 is 15.8 Å². The molecule has 0 radical (unpaired) electrons. The molecule has 0 aliphatic heterocycles. The molecular weight excluding hydrogens is 230 g/mol. The minimum absolute atomic E-state index is 0.0358. The van der Waals surface area contributed by atoms with Gasteiger partial charge < -0.3 is 10.3 Å². The Hall–Kier alpha value is -1.59. The predicted molar refractivity (Wildman–Crippen MR) is 57.7 cm³/mol. The summed E-state index contributed by atoms with van der Waals surface area (Å²) in [7, 11) is -0.720. The molecule has 0 spiro atoms. The van der Waals surface area contributed by atoms with Crippen LogP contribution in [-0.2, 0) is 17.1 Å². The monoisotopic (exact) mass is 243 g/mol. The second-order valence-corrected chi connectivity index (χ2v) is 5.24. The molecule has 1 rings (SSSR count). The molecule has 8 heteroatoms. The minimum atomic E-state index is -3.67. The van der Waals surface area contributed by atoms with Gasteiger partial charge in [0.1, 0.15) is 0 Å². The third-order valence-electron chi connectivity index (χ3n) is 2.10. The van der Waals surface area contributed by atoms with Crippen molar-refractivity contribution in [3.8, 4) is 6.07 Å². The number of hydrogen-bond donors (Lipinski definition) is 1. The summed E-state index contributed by atoms with van der Waals surface area (Å²) in [5.41, 5.74) is 5.49. The lowest BCUT2D eigenvalue weighted by molar-refractivity contribution is 0.470. The molecule has 0 aromatic carbocycles. The highest BCUT2D eigenvalue weighted by atomic mass is 32.2. The molecule has 0 aliphatic rings. The number of nitriles is 1. The molecule has 1 aromatic rings. The van der Waals surface area contributed by atoms with E-state index in [9.17, 15) is 8.42 Å². The van der Waals surface area contributed by atoms with Crippen molar-refractivity contribution in [2.45, 2.75) is 11.4 Å². The Kier molecular flexibility index (Phi) is 3.51. The summed E-state index contributed by atoms with van der Waals surface area (Å²) in [6.45, 7) is 0.128. The normalized spacial score (nSPS) is 11.6. The van der Waals surface area contributed by atoms with Gasteiger partial charge in [-0.1, -0.05) is 0 Å². The number of nitrogen functional groups attached to an aromatic ring is 1. The quantitative estimate of drug-likeness (QED) is 0.770. The summed E-state index contributed by atoms with van der Waals surface area (Å²) in [6.07, 6.45) is 1.47. The van der Waals surface area contributed by atoms with Crippen LogP contribution in [0.1, 0.15) is 6.42 Å². The number of nitrogens with zero attached hydrogens (tertiary/aromatic N) is 4. The first-order valence-electron chi connectivity index (χ1n) is 4.51. The first kappa shape index (κ1) is 12.5. The summed E-state index contributed by atoms with van der Waals surface area (Å²) in [4.78, 5) is 3.72. The van der Waals surface area contributed by atoms with Crippen LogP contribution in [0.25, 0.3) is 0 Å². The van der Waals surface area contributed by atoms with Crippen LogP contribution in [0.5, 0.6) is 0 Å². The van der Waals surface area contributed by atoms with Crippen LogP contribution < -0.4 is 5.73 Å². The van der Waals surface area contributed by atoms with Gasteiger partial charge in [0.15, 0.2) is 10.8 Å². The Morgan fingerprint density at radius 1 is 1.69 bits per heavy atom. The molecule has 16 heavy (non-hydrogen) atoms. The van der Waals surface area contributed by atoms with Crippen LogP contribution in [0.2, 0.25) is 0 Å². The Bertz CT molecular complexity index is 494. The van der Waals surface area contributed by atoms with Gasteiger partial charge in [0, 0.05) is 27.1 Å². The summed E-state index contributed by atoms with van der Waals surface area (Å²) in [5.74, 6) is -0.0358. The van der Waals surface area contributed by atoms with E-state index in [1.807, 2.05) is 6.07 Å². The fraction of sp³-hybridized carbons (Fsp3) is 0.500. The Balaban J connectivity index is 3.08. The van der Waals surface area contributed by atoms with Crippen molar-refractivity contribution in [3.63, 3.8) is 0 Å². The molecule has 0 unspecified atom stereocenters. The van der Waals surface area contributed by atoms with E-state index in [0.29, 0.717) is 0 Å². The third-order valence-corrected chi connectivity index (χ3v) is 4.09. The summed E-state index contributed by atoms with van der Waals surface area (Å²) < 4.78 is 26.5. The van der Waals surface area contributed by atoms with Gasteiger partial charge >= 0.3 is 0 Å². The first-order valence-corrected chi connectivity index (χ1v) is 5.95. The molecule has 7 nitrogen and oxygen atoms in total. The highest BCUT2D eigenvalue weighted by Gasteiger charge is 2.26. The number of nitrogens with two attached hydrogens (primary N) is 1.